The van der Waals surface area contributed by atoms with Crippen molar-refractivity contribution in [1.29, 1.82) is 0 Å². The highest BCUT2D eigenvalue weighted by Gasteiger charge is 2.06. The molecule has 0 heterocycles. The summed E-state index contributed by atoms with van der Waals surface area (Å²) in [6.45, 7) is 1.01. The van der Waals surface area contributed by atoms with E-state index in [1.165, 1.54) is 12.1 Å². The summed E-state index contributed by atoms with van der Waals surface area (Å²) in [6, 6.07) is 12.9. The molecule has 0 aliphatic rings. The maximum atomic E-state index is 12.1. The van der Waals surface area contributed by atoms with E-state index in [1.54, 1.807) is 36.4 Å². The third-order valence-electron chi connectivity index (χ3n) is 3.96. The fourth-order valence-electron chi connectivity index (χ4n) is 2.56. The standard InChI is InChI=1S/C19H20N8O2/c20-26-24-16-8-4-6-14(12-16)18(28)22-10-2-1-3-11-23-19(29)15-7-5-9-17(13-15)25-27-21/h4-9,12-13H,1-3,10-11H2,(H,22,28)(H,23,29). The van der Waals surface area contributed by atoms with Gasteiger partial charge in [-0.15, -0.1) is 0 Å². The minimum atomic E-state index is -0.229. The van der Waals surface area contributed by atoms with Crippen LogP contribution in [0.1, 0.15) is 40.0 Å². The van der Waals surface area contributed by atoms with Crippen molar-refractivity contribution in [3.8, 4) is 0 Å². The molecule has 0 spiro atoms. The Bertz CT molecular complexity index is 885. The number of hydrogen-bond donors (Lipinski definition) is 2. The van der Waals surface area contributed by atoms with Gasteiger partial charge in [0.2, 0.25) is 0 Å². The SMILES string of the molecule is [N-]=[N+]=Nc1cccc(C(=O)NCCCCCNC(=O)c2cccc(N=[N+]=[N-])c2)c1. The molecular formula is C19H20N8O2. The van der Waals surface area contributed by atoms with Gasteiger partial charge in [0, 0.05) is 45.4 Å². The van der Waals surface area contributed by atoms with Gasteiger partial charge in [0.25, 0.3) is 11.8 Å². The topological polar surface area (TPSA) is 156 Å². The first-order chi connectivity index (χ1) is 14.1. The fraction of sp³-hybridized carbons (Fsp3) is 0.263. The molecule has 2 N–H and O–H groups in total. The van der Waals surface area contributed by atoms with E-state index in [0.717, 1.165) is 19.3 Å². The van der Waals surface area contributed by atoms with Crippen molar-refractivity contribution in [3.05, 3.63) is 80.5 Å². The number of azide groups is 2. The third kappa shape index (κ3) is 7.26. The third-order valence-corrected chi connectivity index (χ3v) is 3.96. The molecule has 0 aliphatic heterocycles. The average molecular weight is 392 g/mol. The first kappa shape index (κ1) is 21.3. The van der Waals surface area contributed by atoms with Gasteiger partial charge in [0.05, 0.1) is 0 Å². The van der Waals surface area contributed by atoms with E-state index in [2.05, 4.69) is 30.7 Å². The summed E-state index contributed by atoms with van der Waals surface area (Å²) in [5, 5.41) is 12.6. The smallest absolute Gasteiger partial charge is 0.251 e. The van der Waals surface area contributed by atoms with Gasteiger partial charge in [-0.05, 0) is 54.6 Å². The van der Waals surface area contributed by atoms with Gasteiger partial charge in [-0.3, -0.25) is 9.59 Å². The second-order valence-electron chi connectivity index (χ2n) is 6.05. The van der Waals surface area contributed by atoms with Crippen LogP contribution in [0.2, 0.25) is 0 Å². The van der Waals surface area contributed by atoms with Crippen molar-refractivity contribution in [2.75, 3.05) is 13.1 Å². The molecule has 0 fully saturated rings. The van der Waals surface area contributed by atoms with Crippen molar-refractivity contribution < 1.29 is 9.59 Å². The van der Waals surface area contributed by atoms with Crippen molar-refractivity contribution >= 4 is 23.2 Å². The number of unbranched alkanes of at least 4 members (excludes halogenated alkanes) is 2. The molecule has 0 atom stereocenters. The first-order valence-corrected chi connectivity index (χ1v) is 9.01. The van der Waals surface area contributed by atoms with Crippen LogP contribution in [-0.4, -0.2) is 24.9 Å². The van der Waals surface area contributed by atoms with Crippen molar-refractivity contribution in [2.24, 2.45) is 10.2 Å². The van der Waals surface area contributed by atoms with Gasteiger partial charge in [-0.1, -0.05) is 34.5 Å². The summed E-state index contributed by atoms with van der Waals surface area (Å²) in [6.07, 6.45) is 2.37. The molecule has 0 saturated carbocycles. The van der Waals surface area contributed by atoms with E-state index in [-0.39, 0.29) is 11.8 Å². The molecule has 0 unspecified atom stereocenters. The number of carbonyl (C=O) groups excluding carboxylic acids is 2. The molecule has 0 radical (unpaired) electrons. The lowest BCUT2D eigenvalue weighted by atomic mass is 10.1. The predicted octanol–water partition coefficient (Wildman–Crippen LogP) is 4.90. The Labute approximate surface area is 167 Å². The predicted molar refractivity (Wildman–Crippen MR) is 109 cm³/mol. The van der Waals surface area contributed by atoms with Crippen LogP contribution in [0.3, 0.4) is 0 Å². The van der Waals surface area contributed by atoms with E-state index in [0.29, 0.717) is 35.6 Å². The lowest BCUT2D eigenvalue weighted by Gasteiger charge is -2.07. The molecule has 10 heteroatoms. The molecule has 2 aromatic rings. The molecule has 148 valence electrons. The average Bonchev–Trinajstić information content (AvgIpc) is 2.73. The monoisotopic (exact) mass is 392 g/mol. The normalized spacial score (nSPS) is 9.66. The van der Waals surface area contributed by atoms with Crippen molar-refractivity contribution in [1.82, 2.24) is 10.6 Å². The number of nitrogens with zero attached hydrogens (tertiary/aromatic N) is 6. The van der Waals surface area contributed by atoms with Crippen LogP contribution in [-0.2, 0) is 0 Å². The molecule has 2 aromatic carbocycles. The maximum absolute atomic E-state index is 12.1. The Morgan fingerprint density at radius 3 is 1.62 bits per heavy atom. The number of hydrogen-bond acceptors (Lipinski definition) is 4. The second kappa shape index (κ2) is 11.7. The lowest BCUT2D eigenvalue weighted by molar-refractivity contribution is 0.0947. The summed E-state index contributed by atoms with van der Waals surface area (Å²) in [4.78, 5) is 29.6. The van der Waals surface area contributed by atoms with Gasteiger partial charge in [0.1, 0.15) is 0 Å². The van der Waals surface area contributed by atoms with E-state index < -0.39 is 0 Å². The summed E-state index contributed by atoms with van der Waals surface area (Å²) < 4.78 is 0. The minimum Gasteiger partial charge on any atom is -0.352 e. The molecular weight excluding hydrogens is 372 g/mol. The molecule has 2 amide bonds. The maximum Gasteiger partial charge on any atom is 0.251 e. The van der Waals surface area contributed by atoms with E-state index in [1.807, 2.05) is 0 Å². The Kier molecular flexibility index (Phi) is 8.56. The lowest BCUT2D eigenvalue weighted by Crippen LogP contribution is -2.25. The number of nitrogens with one attached hydrogen (secondary N) is 2. The van der Waals surface area contributed by atoms with Gasteiger partial charge < -0.3 is 10.6 Å². The molecule has 29 heavy (non-hydrogen) atoms. The number of amides is 2. The highest BCUT2D eigenvalue weighted by molar-refractivity contribution is 5.95. The van der Waals surface area contributed by atoms with Gasteiger partial charge in [-0.2, -0.15) is 0 Å². The second-order valence-corrected chi connectivity index (χ2v) is 6.05. The van der Waals surface area contributed by atoms with Crippen LogP contribution in [0, 0.1) is 0 Å². The van der Waals surface area contributed by atoms with Gasteiger partial charge >= 0.3 is 0 Å². The minimum absolute atomic E-state index is 0.229. The Morgan fingerprint density at radius 2 is 1.21 bits per heavy atom. The summed E-state index contributed by atoms with van der Waals surface area (Å²) in [5.41, 5.74) is 18.5. The molecule has 0 aromatic heterocycles. The number of carbonyl (C=O) groups is 2. The number of rotatable bonds is 10. The molecule has 0 bridgehead atoms. The van der Waals surface area contributed by atoms with Crippen molar-refractivity contribution in [3.63, 3.8) is 0 Å². The zero-order valence-corrected chi connectivity index (χ0v) is 15.7. The van der Waals surface area contributed by atoms with Crippen LogP contribution in [0.25, 0.3) is 20.9 Å². The summed E-state index contributed by atoms with van der Waals surface area (Å²) in [7, 11) is 0. The van der Waals surface area contributed by atoms with Crippen LogP contribution in [0.5, 0.6) is 0 Å². The van der Waals surface area contributed by atoms with Gasteiger partial charge in [-0.25, -0.2) is 0 Å². The molecule has 2 rings (SSSR count). The Balaban J connectivity index is 1.64. The Morgan fingerprint density at radius 1 is 0.759 bits per heavy atom. The Hall–Kier alpha value is -4.00. The fourth-order valence-corrected chi connectivity index (χ4v) is 2.56. The molecule has 10 nitrogen and oxygen atoms in total. The number of benzene rings is 2. The molecule has 0 aliphatic carbocycles. The van der Waals surface area contributed by atoms with Crippen molar-refractivity contribution in [2.45, 2.75) is 19.3 Å². The first-order valence-electron chi connectivity index (χ1n) is 9.01. The quantitative estimate of drug-likeness (QED) is 0.255. The van der Waals surface area contributed by atoms with E-state index in [4.69, 9.17) is 11.1 Å². The van der Waals surface area contributed by atoms with Crippen LogP contribution >= 0.6 is 0 Å². The van der Waals surface area contributed by atoms with E-state index >= 15 is 0 Å². The zero-order valence-electron chi connectivity index (χ0n) is 15.7. The van der Waals surface area contributed by atoms with Crippen LogP contribution in [0.4, 0.5) is 11.4 Å². The van der Waals surface area contributed by atoms with Gasteiger partial charge in [0.15, 0.2) is 0 Å². The highest BCUT2D eigenvalue weighted by Crippen LogP contribution is 2.15. The van der Waals surface area contributed by atoms with E-state index in [9.17, 15) is 9.59 Å². The largest absolute Gasteiger partial charge is 0.352 e. The highest BCUT2D eigenvalue weighted by atomic mass is 16.2. The van der Waals surface area contributed by atoms with Crippen LogP contribution in [0.15, 0.2) is 58.8 Å². The summed E-state index contributed by atoms with van der Waals surface area (Å²) in [5.74, 6) is -0.457. The zero-order chi connectivity index (χ0) is 20.9. The molecule has 0 saturated heterocycles. The van der Waals surface area contributed by atoms with Crippen LogP contribution < -0.4 is 10.6 Å². The summed E-state index contributed by atoms with van der Waals surface area (Å²) >= 11 is 0.